The number of sulfonamides is 1. The number of nitrogens with two attached hydrogens (primary N) is 1. The van der Waals surface area contributed by atoms with E-state index < -0.39 is 10.0 Å². The van der Waals surface area contributed by atoms with Gasteiger partial charge in [-0.2, -0.15) is 0 Å². The van der Waals surface area contributed by atoms with Gasteiger partial charge in [-0.3, -0.25) is 4.72 Å². The van der Waals surface area contributed by atoms with Crippen molar-refractivity contribution in [3.05, 3.63) is 45.5 Å². The predicted octanol–water partition coefficient (Wildman–Crippen LogP) is 3.19. The normalized spacial score (nSPS) is 11.3. The van der Waals surface area contributed by atoms with Gasteiger partial charge in [0.05, 0.1) is 16.9 Å². The number of hydrogen-bond acceptors (Lipinski definition) is 4. The van der Waals surface area contributed by atoms with Gasteiger partial charge in [-0.25, -0.2) is 13.4 Å². The van der Waals surface area contributed by atoms with Crippen LogP contribution in [0.4, 0.5) is 11.5 Å². The lowest BCUT2D eigenvalue weighted by Gasteiger charge is -2.10. The van der Waals surface area contributed by atoms with E-state index in [1.807, 2.05) is 0 Å². The molecule has 8 heteroatoms. The van der Waals surface area contributed by atoms with Gasteiger partial charge in [-0.15, -0.1) is 0 Å². The van der Waals surface area contributed by atoms with Crippen molar-refractivity contribution in [3.63, 3.8) is 0 Å². The van der Waals surface area contributed by atoms with Gasteiger partial charge in [0.1, 0.15) is 10.7 Å². The van der Waals surface area contributed by atoms with Crippen LogP contribution < -0.4 is 10.5 Å². The van der Waals surface area contributed by atoms with Gasteiger partial charge in [0, 0.05) is 4.47 Å². The third-order valence-electron chi connectivity index (χ3n) is 2.57. The number of hydrogen-bond donors (Lipinski definition) is 2. The van der Waals surface area contributed by atoms with Crippen molar-refractivity contribution in [2.24, 2.45) is 0 Å². The van der Waals surface area contributed by atoms with Crippen LogP contribution in [0.2, 0.25) is 5.02 Å². The number of aryl methyl sites for hydroxylation is 1. The molecule has 0 spiro atoms. The average Bonchev–Trinajstić information content (AvgIpc) is 2.33. The number of aromatic nitrogens is 1. The summed E-state index contributed by atoms with van der Waals surface area (Å²) in [5, 5.41) is 0.124. The Bertz CT molecular complexity index is 765. The van der Waals surface area contributed by atoms with Crippen LogP contribution in [0.25, 0.3) is 0 Å². The van der Waals surface area contributed by atoms with Crippen LogP contribution in [0.1, 0.15) is 5.56 Å². The Morgan fingerprint density at radius 2 is 2.05 bits per heavy atom. The lowest BCUT2D eigenvalue weighted by molar-refractivity contribution is 0.601. The van der Waals surface area contributed by atoms with E-state index in [1.54, 1.807) is 19.1 Å². The largest absolute Gasteiger partial charge is 0.397 e. The Kier molecular flexibility index (Phi) is 4.22. The highest BCUT2D eigenvalue weighted by Gasteiger charge is 2.18. The molecule has 20 heavy (non-hydrogen) atoms. The molecular formula is C12H11BrClN3O2S. The van der Waals surface area contributed by atoms with E-state index in [0.717, 1.165) is 5.56 Å². The van der Waals surface area contributed by atoms with Crippen molar-refractivity contribution < 1.29 is 8.42 Å². The number of rotatable bonds is 3. The van der Waals surface area contributed by atoms with Crippen molar-refractivity contribution in [2.45, 2.75) is 11.8 Å². The van der Waals surface area contributed by atoms with Crippen molar-refractivity contribution in [2.75, 3.05) is 10.5 Å². The third kappa shape index (κ3) is 3.23. The fraction of sp³-hybridized carbons (Fsp3) is 0.0833. The summed E-state index contributed by atoms with van der Waals surface area (Å²) in [5.41, 5.74) is 6.87. The molecule has 3 N–H and O–H groups in total. The van der Waals surface area contributed by atoms with Gasteiger partial charge in [0.25, 0.3) is 10.0 Å². The zero-order valence-electron chi connectivity index (χ0n) is 10.4. The van der Waals surface area contributed by atoms with Crippen LogP contribution in [-0.4, -0.2) is 13.4 Å². The molecule has 5 nitrogen and oxygen atoms in total. The molecule has 0 aliphatic carbocycles. The van der Waals surface area contributed by atoms with Crippen molar-refractivity contribution in [3.8, 4) is 0 Å². The molecule has 2 rings (SSSR count). The highest BCUT2D eigenvalue weighted by Crippen LogP contribution is 2.27. The number of anilines is 2. The van der Waals surface area contributed by atoms with Gasteiger partial charge in [-0.1, -0.05) is 27.5 Å². The molecule has 0 atom stereocenters. The molecule has 0 saturated carbocycles. The number of pyridine rings is 1. The summed E-state index contributed by atoms with van der Waals surface area (Å²) in [6.07, 6.45) is 1.40. The molecule has 1 aromatic carbocycles. The zero-order chi connectivity index (χ0) is 14.9. The minimum atomic E-state index is -3.80. The second-order valence-corrected chi connectivity index (χ2v) is 7.08. The Balaban J connectivity index is 2.38. The summed E-state index contributed by atoms with van der Waals surface area (Å²) >= 11 is 9.17. The minimum Gasteiger partial charge on any atom is -0.397 e. The molecule has 2 aromatic rings. The molecule has 0 bridgehead atoms. The van der Waals surface area contributed by atoms with Gasteiger partial charge in [0.2, 0.25) is 0 Å². The number of halogens is 2. The van der Waals surface area contributed by atoms with Crippen LogP contribution in [-0.2, 0) is 10.0 Å². The van der Waals surface area contributed by atoms with Crippen LogP contribution in [0.15, 0.2) is 39.8 Å². The molecular weight excluding hydrogens is 366 g/mol. The molecule has 0 fully saturated rings. The second kappa shape index (κ2) is 5.59. The van der Waals surface area contributed by atoms with Crippen molar-refractivity contribution >= 4 is 49.1 Å². The van der Waals surface area contributed by atoms with Gasteiger partial charge in [0.15, 0.2) is 0 Å². The smallest absolute Gasteiger partial charge is 0.264 e. The Morgan fingerprint density at radius 3 is 2.65 bits per heavy atom. The molecule has 1 aromatic heterocycles. The summed E-state index contributed by atoms with van der Waals surface area (Å²) in [7, 11) is -3.80. The number of nitrogen functional groups attached to an aromatic ring is 1. The first-order valence-electron chi connectivity index (χ1n) is 5.49. The quantitative estimate of drug-likeness (QED) is 0.861. The fourth-order valence-electron chi connectivity index (χ4n) is 1.51. The Morgan fingerprint density at radius 1 is 1.35 bits per heavy atom. The van der Waals surface area contributed by atoms with Gasteiger partial charge < -0.3 is 5.73 Å². The molecule has 0 aliphatic rings. The Labute approximate surface area is 130 Å². The van der Waals surface area contributed by atoms with Gasteiger partial charge in [-0.05, 0) is 36.8 Å². The summed E-state index contributed by atoms with van der Waals surface area (Å²) in [6, 6.07) is 6.08. The maximum Gasteiger partial charge on any atom is 0.264 e. The first-order valence-corrected chi connectivity index (χ1v) is 8.15. The van der Waals surface area contributed by atoms with Crippen molar-refractivity contribution in [1.82, 2.24) is 4.98 Å². The molecule has 0 unspecified atom stereocenters. The van der Waals surface area contributed by atoms with E-state index in [4.69, 9.17) is 17.3 Å². The monoisotopic (exact) mass is 375 g/mol. The summed E-state index contributed by atoms with van der Waals surface area (Å²) < 4.78 is 27.6. The summed E-state index contributed by atoms with van der Waals surface area (Å²) in [4.78, 5) is 3.91. The highest BCUT2D eigenvalue weighted by molar-refractivity contribution is 9.10. The van der Waals surface area contributed by atoms with Crippen LogP contribution in [0.3, 0.4) is 0 Å². The van der Waals surface area contributed by atoms with E-state index in [1.165, 1.54) is 18.3 Å². The standard InChI is InChI=1S/C12H11BrClN3O2S/c1-7-4-12(16-6-10(7)15)17-20(18,19)11-3-2-8(13)5-9(11)14/h2-6H,15H2,1H3,(H,16,17). The number of benzene rings is 1. The molecule has 0 saturated heterocycles. The predicted molar refractivity (Wildman–Crippen MR) is 83.3 cm³/mol. The van der Waals surface area contributed by atoms with E-state index in [0.29, 0.717) is 10.2 Å². The van der Waals surface area contributed by atoms with E-state index in [2.05, 4.69) is 25.6 Å². The third-order valence-corrected chi connectivity index (χ3v) is 4.90. The van der Waals surface area contributed by atoms with Crippen LogP contribution >= 0.6 is 27.5 Å². The topological polar surface area (TPSA) is 85.1 Å². The first-order chi connectivity index (χ1) is 9.29. The fourth-order valence-corrected chi connectivity index (χ4v) is 3.55. The van der Waals surface area contributed by atoms with E-state index >= 15 is 0 Å². The number of nitrogens with one attached hydrogen (secondary N) is 1. The number of nitrogens with zero attached hydrogens (tertiary/aromatic N) is 1. The van der Waals surface area contributed by atoms with E-state index in [-0.39, 0.29) is 15.7 Å². The molecule has 0 amide bonds. The molecule has 106 valence electrons. The molecule has 1 heterocycles. The summed E-state index contributed by atoms with van der Waals surface area (Å²) in [5.74, 6) is 0.190. The lowest BCUT2D eigenvalue weighted by atomic mass is 10.2. The second-order valence-electron chi connectivity index (χ2n) is 4.11. The molecule has 0 radical (unpaired) electrons. The first kappa shape index (κ1) is 15.1. The van der Waals surface area contributed by atoms with Crippen LogP contribution in [0, 0.1) is 6.92 Å². The zero-order valence-corrected chi connectivity index (χ0v) is 13.6. The van der Waals surface area contributed by atoms with Crippen LogP contribution in [0.5, 0.6) is 0 Å². The van der Waals surface area contributed by atoms with Gasteiger partial charge >= 0.3 is 0 Å². The van der Waals surface area contributed by atoms with Crippen molar-refractivity contribution in [1.29, 1.82) is 0 Å². The maximum atomic E-state index is 12.2. The lowest BCUT2D eigenvalue weighted by Crippen LogP contribution is -2.14. The minimum absolute atomic E-state index is 0.0151. The summed E-state index contributed by atoms with van der Waals surface area (Å²) in [6.45, 7) is 1.77. The maximum absolute atomic E-state index is 12.2. The molecule has 0 aliphatic heterocycles. The average molecular weight is 377 g/mol. The Hall–Kier alpha value is -1.31. The van der Waals surface area contributed by atoms with E-state index in [9.17, 15) is 8.42 Å². The highest BCUT2D eigenvalue weighted by atomic mass is 79.9. The SMILES string of the molecule is Cc1cc(NS(=O)(=O)c2ccc(Br)cc2Cl)ncc1N.